The van der Waals surface area contributed by atoms with E-state index < -0.39 is 6.61 Å². The Balaban J connectivity index is 1.62. The summed E-state index contributed by atoms with van der Waals surface area (Å²) < 4.78 is 37.9. The minimum Gasteiger partial charge on any atom is -0.481 e. The van der Waals surface area contributed by atoms with Crippen molar-refractivity contribution in [1.29, 1.82) is 0 Å². The molecular weight excluding hydrogens is 402 g/mol. The van der Waals surface area contributed by atoms with Gasteiger partial charge in [-0.2, -0.15) is 8.78 Å². The Morgan fingerprint density at radius 3 is 2.71 bits per heavy atom. The Labute approximate surface area is 177 Å². The predicted molar refractivity (Wildman–Crippen MR) is 112 cm³/mol. The summed E-state index contributed by atoms with van der Waals surface area (Å²) in [6.45, 7) is -2.19. The van der Waals surface area contributed by atoms with Gasteiger partial charge in [-0.1, -0.05) is 18.2 Å². The van der Waals surface area contributed by atoms with Crippen LogP contribution in [0.3, 0.4) is 0 Å². The molecule has 4 aromatic rings. The van der Waals surface area contributed by atoms with E-state index in [9.17, 15) is 8.78 Å². The number of aromatic nitrogens is 3. The van der Waals surface area contributed by atoms with Gasteiger partial charge < -0.3 is 19.2 Å². The maximum absolute atomic E-state index is 13.0. The Bertz CT molecular complexity index is 1220. The van der Waals surface area contributed by atoms with Gasteiger partial charge in [0.2, 0.25) is 5.88 Å². The summed E-state index contributed by atoms with van der Waals surface area (Å²) in [6, 6.07) is 14.3. The summed E-state index contributed by atoms with van der Waals surface area (Å²) >= 11 is 0. The molecule has 3 aromatic heterocycles. The molecule has 4 heterocycles. The van der Waals surface area contributed by atoms with Crippen molar-refractivity contribution >= 4 is 5.65 Å². The van der Waals surface area contributed by atoms with Crippen molar-refractivity contribution in [3.8, 4) is 22.8 Å². The first-order valence-corrected chi connectivity index (χ1v) is 9.92. The zero-order valence-corrected chi connectivity index (χ0v) is 16.8. The standard InChI is InChI=1S/C23H20F2N4O2/c1-30-20-9-7-14(12-27-20)15-6-8-19-28-17-10-11-26-21(22(17)29(19)13-15)16-4-2-3-5-18(16)31-23(24)25/h2-9,12-13,21,23,26H,10-11H2,1H3. The molecule has 158 valence electrons. The van der Waals surface area contributed by atoms with Gasteiger partial charge in [0, 0.05) is 48.1 Å². The summed E-state index contributed by atoms with van der Waals surface area (Å²) in [5.74, 6) is 0.707. The summed E-state index contributed by atoms with van der Waals surface area (Å²) in [6.07, 6.45) is 4.51. The predicted octanol–water partition coefficient (Wildman–Crippen LogP) is 4.24. The topological polar surface area (TPSA) is 60.7 Å². The molecule has 5 rings (SSSR count). The highest BCUT2D eigenvalue weighted by Crippen LogP contribution is 2.35. The van der Waals surface area contributed by atoms with E-state index in [-0.39, 0.29) is 11.8 Å². The quantitative estimate of drug-likeness (QED) is 0.521. The third-order valence-corrected chi connectivity index (χ3v) is 5.44. The number of hydrogen-bond donors (Lipinski definition) is 1. The lowest BCUT2D eigenvalue weighted by atomic mass is 9.97. The van der Waals surface area contributed by atoms with Gasteiger partial charge in [0.15, 0.2) is 0 Å². The van der Waals surface area contributed by atoms with Crippen molar-refractivity contribution in [2.45, 2.75) is 19.1 Å². The number of methoxy groups -OCH3 is 1. The number of ether oxygens (including phenoxy) is 2. The summed E-state index contributed by atoms with van der Waals surface area (Å²) in [5, 5.41) is 3.44. The van der Waals surface area contributed by atoms with Crippen LogP contribution in [0, 0.1) is 0 Å². The second kappa shape index (κ2) is 7.96. The minimum absolute atomic E-state index is 0.160. The fourth-order valence-corrected chi connectivity index (χ4v) is 4.05. The summed E-state index contributed by atoms with van der Waals surface area (Å²) in [4.78, 5) is 9.06. The lowest BCUT2D eigenvalue weighted by molar-refractivity contribution is -0.0506. The Kier molecular flexibility index (Phi) is 4.99. The molecule has 1 aliphatic heterocycles. The first-order chi connectivity index (χ1) is 15.1. The van der Waals surface area contributed by atoms with E-state index in [1.165, 1.54) is 0 Å². The fourth-order valence-electron chi connectivity index (χ4n) is 4.05. The molecule has 1 aromatic carbocycles. The molecule has 1 N–H and O–H groups in total. The average molecular weight is 422 g/mol. The van der Waals surface area contributed by atoms with E-state index in [0.29, 0.717) is 18.0 Å². The molecule has 0 aliphatic carbocycles. The smallest absolute Gasteiger partial charge is 0.387 e. The fraction of sp³-hybridized carbons (Fsp3) is 0.217. The van der Waals surface area contributed by atoms with Crippen molar-refractivity contribution in [1.82, 2.24) is 19.7 Å². The van der Waals surface area contributed by atoms with E-state index in [1.54, 1.807) is 31.5 Å². The zero-order chi connectivity index (χ0) is 21.4. The molecule has 8 heteroatoms. The number of para-hydroxylation sites is 1. The lowest BCUT2D eigenvalue weighted by Crippen LogP contribution is -2.31. The van der Waals surface area contributed by atoms with Crippen molar-refractivity contribution < 1.29 is 18.3 Å². The van der Waals surface area contributed by atoms with Gasteiger partial charge in [0.05, 0.1) is 24.5 Å². The van der Waals surface area contributed by atoms with Crippen molar-refractivity contribution in [3.63, 3.8) is 0 Å². The van der Waals surface area contributed by atoms with E-state index in [0.717, 1.165) is 34.6 Å². The molecule has 0 saturated carbocycles. The molecule has 6 nitrogen and oxygen atoms in total. The van der Waals surface area contributed by atoms with Gasteiger partial charge in [-0.15, -0.1) is 0 Å². The highest BCUT2D eigenvalue weighted by atomic mass is 19.3. The van der Waals surface area contributed by atoms with Gasteiger partial charge in [0.25, 0.3) is 0 Å². The average Bonchev–Trinajstić information content (AvgIpc) is 3.17. The lowest BCUT2D eigenvalue weighted by Gasteiger charge is -2.26. The Morgan fingerprint density at radius 2 is 1.94 bits per heavy atom. The number of nitrogens with zero attached hydrogens (tertiary/aromatic N) is 3. The maximum Gasteiger partial charge on any atom is 0.387 e. The number of fused-ring (bicyclic) bond motifs is 3. The number of halogens is 2. The third kappa shape index (κ3) is 3.59. The van der Waals surface area contributed by atoms with E-state index in [1.807, 2.05) is 40.9 Å². The number of imidazole rings is 1. The number of hydrogen-bond acceptors (Lipinski definition) is 5. The molecular formula is C23H20F2N4O2. The Hall–Kier alpha value is -3.52. The molecule has 0 saturated heterocycles. The summed E-state index contributed by atoms with van der Waals surface area (Å²) in [7, 11) is 1.58. The first-order valence-electron chi connectivity index (χ1n) is 9.92. The molecule has 0 spiro atoms. The normalized spacial score (nSPS) is 15.8. The monoisotopic (exact) mass is 422 g/mol. The van der Waals surface area contributed by atoms with Crippen LogP contribution in [-0.2, 0) is 6.42 Å². The number of nitrogens with one attached hydrogen (secondary N) is 1. The van der Waals surface area contributed by atoms with Crippen LogP contribution in [0.4, 0.5) is 8.78 Å². The van der Waals surface area contributed by atoms with E-state index >= 15 is 0 Å². The van der Waals surface area contributed by atoms with Crippen LogP contribution in [0.2, 0.25) is 0 Å². The molecule has 0 fully saturated rings. The minimum atomic E-state index is -2.89. The number of rotatable bonds is 5. The zero-order valence-electron chi connectivity index (χ0n) is 16.8. The molecule has 0 radical (unpaired) electrons. The second-order valence-electron chi connectivity index (χ2n) is 7.23. The van der Waals surface area contributed by atoms with Crippen LogP contribution in [0.15, 0.2) is 60.9 Å². The van der Waals surface area contributed by atoms with Gasteiger partial charge in [-0.05, 0) is 24.3 Å². The van der Waals surface area contributed by atoms with E-state index in [2.05, 4.69) is 10.3 Å². The second-order valence-corrected chi connectivity index (χ2v) is 7.23. The van der Waals surface area contributed by atoms with Crippen molar-refractivity contribution in [2.24, 2.45) is 0 Å². The maximum atomic E-state index is 13.0. The highest BCUT2D eigenvalue weighted by molar-refractivity contribution is 5.65. The molecule has 1 aliphatic rings. The summed E-state index contributed by atoms with van der Waals surface area (Å²) in [5.41, 5.74) is 5.23. The van der Waals surface area contributed by atoms with Gasteiger partial charge in [-0.25, -0.2) is 9.97 Å². The van der Waals surface area contributed by atoms with Crippen molar-refractivity contribution in [3.05, 3.63) is 77.9 Å². The van der Waals surface area contributed by atoms with E-state index in [4.69, 9.17) is 14.5 Å². The van der Waals surface area contributed by atoms with Crippen LogP contribution >= 0.6 is 0 Å². The number of benzene rings is 1. The van der Waals surface area contributed by atoms with Crippen LogP contribution in [-0.4, -0.2) is 34.6 Å². The first kappa shape index (κ1) is 19.4. The molecule has 0 bridgehead atoms. The highest BCUT2D eigenvalue weighted by Gasteiger charge is 2.29. The third-order valence-electron chi connectivity index (χ3n) is 5.44. The van der Waals surface area contributed by atoms with Crippen LogP contribution in [0.1, 0.15) is 23.0 Å². The molecule has 0 amide bonds. The molecule has 1 unspecified atom stereocenters. The molecule has 31 heavy (non-hydrogen) atoms. The van der Waals surface area contributed by atoms with Crippen LogP contribution in [0.5, 0.6) is 11.6 Å². The van der Waals surface area contributed by atoms with Crippen molar-refractivity contribution in [2.75, 3.05) is 13.7 Å². The molecule has 1 atom stereocenters. The Morgan fingerprint density at radius 1 is 1.10 bits per heavy atom. The SMILES string of the molecule is COc1ccc(-c2ccc3nc4c(n3c2)C(c2ccccc2OC(F)F)NCC4)cn1. The number of alkyl halides is 2. The van der Waals surface area contributed by atoms with Crippen LogP contribution in [0.25, 0.3) is 16.8 Å². The van der Waals surface area contributed by atoms with Gasteiger partial charge >= 0.3 is 6.61 Å². The van der Waals surface area contributed by atoms with Gasteiger partial charge in [-0.3, -0.25) is 0 Å². The number of pyridine rings is 2. The van der Waals surface area contributed by atoms with Crippen LogP contribution < -0.4 is 14.8 Å². The largest absolute Gasteiger partial charge is 0.481 e. The van der Waals surface area contributed by atoms with Gasteiger partial charge in [0.1, 0.15) is 11.4 Å².